The van der Waals surface area contributed by atoms with Crippen LogP contribution >= 0.6 is 11.8 Å². The highest BCUT2D eigenvalue weighted by atomic mass is 32.2. The highest BCUT2D eigenvalue weighted by molar-refractivity contribution is 7.99. The number of pyridine rings is 1. The van der Waals surface area contributed by atoms with E-state index in [-0.39, 0.29) is 11.9 Å². The summed E-state index contributed by atoms with van der Waals surface area (Å²) in [6, 6.07) is 9.55. The summed E-state index contributed by atoms with van der Waals surface area (Å²) in [5.74, 6) is 1.71. The van der Waals surface area contributed by atoms with E-state index in [0.717, 1.165) is 28.2 Å². The monoisotopic (exact) mass is 259 g/mol. The molecule has 0 radical (unpaired) electrons. The lowest BCUT2D eigenvalue weighted by atomic mass is 10.2. The lowest BCUT2D eigenvalue weighted by molar-refractivity contribution is -0.117. The third kappa shape index (κ3) is 2.32. The van der Waals surface area contributed by atoms with E-state index in [1.807, 2.05) is 30.3 Å². The van der Waals surface area contributed by atoms with Gasteiger partial charge in [0.2, 0.25) is 5.91 Å². The Morgan fingerprint density at radius 1 is 1.44 bits per heavy atom. The van der Waals surface area contributed by atoms with E-state index in [9.17, 15) is 4.79 Å². The van der Waals surface area contributed by atoms with E-state index in [1.54, 1.807) is 18.0 Å². The molecule has 1 aromatic heterocycles. The Bertz CT molecular complexity index is 581. The molecule has 1 amide bonds. The number of amides is 1. The van der Waals surface area contributed by atoms with E-state index < -0.39 is 0 Å². The zero-order valence-electron chi connectivity index (χ0n) is 9.72. The van der Waals surface area contributed by atoms with Gasteiger partial charge >= 0.3 is 0 Å². The van der Waals surface area contributed by atoms with Gasteiger partial charge in [-0.15, -0.1) is 11.8 Å². The van der Waals surface area contributed by atoms with Gasteiger partial charge in [-0.1, -0.05) is 6.07 Å². The first-order chi connectivity index (χ1) is 8.83. The first kappa shape index (κ1) is 11.5. The Kier molecular flexibility index (Phi) is 3.17. The summed E-state index contributed by atoms with van der Waals surface area (Å²) in [7, 11) is 0. The molecule has 1 atom stereocenters. The Morgan fingerprint density at radius 3 is 3.22 bits per heavy atom. The fourth-order valence-corrected chi connectivity index (χ4v) is 2.89. The van der Waals surface area contributed by atoms with Crippen LogP contribution in [-0.2, 0) is 4.79 Å². The second-order valence-corrected chi connectivity index (χ2v) is 5.20. The van der Waals surface area contributed by atoms with E-state index in [4.69, 9.17) is 0 Å². The fraction of sp³-hybridized carbons (Fsp3) is 0.231. The zero-order valence-corrected chi connectivity index (χ0v) is 10.5. The van der Waals surface area contributed by atoms with Crippen molar-refractivity contribution in [2.75, 3.05) is 16.9 Å². The maximum absolute atomic E-state index is 11.9. The Hall–Kier alpha value is -1.59. The highest BCUT2D eigenvalue weighted by Crippen LogP contribution is 2.18. The van der Waals surface area contributed by atoms with Crippen LogP contribution in [0.5, 0.6) is 0 Å². The largest absolute Gasteiger partial charge is 0.325 e. The van der Waals surface area contributed by atoms with Gasteiger partial charge in [-0.05, 0) is 24.3 Å². The molecule has 92 valence electrons. The first-order valence-electron chi connectivity index (χ1n) is 5.80. The van der Waals surface area contributed by atoms with E-state index in [0.29, 0.717) is 0 Å². The number of anilines is 1. The number of hydrogen-bond donors (Lipinski definition) is 2. The van der Waals surface area contributed by atoms with Gasteiger partial charge in [0.15, 0.2) is 0 Å². The Balaban J connectivity index is 1.79. The average Bonchev–Trinajstić information content (AvgIpc) is 2.92. The SMILES string of the molecule is O=C(Nc1ccc2ncccc2c1)C1CSCN1. The number of hydrogen-bond acceptors (Lipinski definition) is 4. The number of fused-ring (bicyclic) bond motifs is 1. The minimum Gasteiger partial charge on any atom is -0.325 e. The summed E-state index contributed by atoms with van der Waals surface area (Å²) < 4.78 is 0. The second-order valence-electron chi connectivity index (χ2n) is 4.17. The number of nitrogens with zero attached hydrogens (tertiary/aromatic N) is 1. The van der Waals surface area contributed by atoms with Gasteiger partial charge in [0.25, 0.3) is 0 Å². The quantitative estimate of drug-likeness (QED) is 0.864. The molecular formula is C13H13N3OS. The molecule has 0 spiro atoms. The van der Waals surface area contributed by atoms with Crippen LogP contribution in [-0.4, -0.2) is 28.6 Å². The summed E-state index contributed by atoms with van der Waals surface area (Å²) in [4.78, 5) is 16.2. The highest BCUT2D eigenvalue weighted by Gasteiger charge is 2.22. The maximum atomic E-state index is 11.9. The van der Waals surface area contributed by atoms with Crippen molar-refractivity contribution in [3.8, 4) is 0 Å². The molecule has 0 bridgehead atoms. The van der Waals surface area contributed by atoms with Crippen LogP contribution in [0.25, 0.3) is 10.9 Å². The number of benzene rings is 1. The van der Waals surface area contributed by atoms with Crippen LogP contribution in [0.3, 0.4) is 0 Å². The third-order valence-corrected chi connectivity index (χ3v) is 3.84. The molecule has 18 heavy (non-hydrogen) atoms. The van der Waals surface area contributed by atoms with Crippen molar-refractivity contribution in [2.45, 2.75) is 6.04 Å². The molecule has 3 rings (SSSR count). The molecular weight excluding hydrogens is 246 g/mol. The molecule has 1 fully saturated rings. The molecule has 0 saturated carbocycles. The Labute approximate surface area is 109 Å². The number of aromatic nitrogens is 1. The molecule has 2 aromatic rings. The molecule has 1 unspecified atom stereocenters. The van der Waals surface area contributed by atoms with Crippen LogP contribution < -0.4 is 10.6 Å². The summed E-state index contributed by atoms with van der Waals surface area (Å²) in [6.45, 7) is 0. The molecule has 1 aliphatic heterocycles. The van der Waals surface area contributed by atoms with E-state index in [1.165, 1.54) is 0 Å². The van der Waals surface area contributed by atoms with Gasteiger partial charge in [0, 0.05) is 28.9 Å². The smallest absolute Gasteiger partial charge is 0.242 e. The van der Waals surface area contributed by atoms with Crippen molar-refractivity contribution in [2.24, 2.45) is 0 Å². The van der Waals surface area contributed by atoms with Gasteiger partial charge in [-0.25, -0.2) is 0 Å². The van der Waals surface area contributed by atoms with Crippen molar-refractivity contribution in [3.63, 3.8) is 0 Å². The predicted molar refractivity (Wildman–Crippen MR) is 74.6 cm³/mol. The molecule has 2 heterocycles. The topological polar surface area (TPSA) is 54.0 Å². The van der Waals surface area contributed by atoms with Crippen molar-refractivity contribution in [1.29, 1.82) is 0 Å². The van der Waals surface area contributed by atoms with Crippen LogP contribution in [0.4, 0.5) is 5.69 Å². The van der Waals surface area contributed by atoms with Crippen molar-refractivity contribution < 1.29 is 4.79 Å². The lowest BCUT2D eigenvalue weighted by Gasteiger charge is -2.10. The van der Waals surface area contributed by atoms with Gasteiger partial charge in [0.1, 0.15) is 0 Å². The minimum atomic E-state index is -0.0837. The minimum absolute atomic E-state index is 0.0308. The number of nitrogens with one attached hydrogen (secondary N) is 2. The van der Waals surface area contributed by atoms with Crippen LogP contribution in [0.2, 0.25) is 0 Å². The van der Waals surface area contributed by atoms with Gasteiger partial charge in [-0.3, -0.25) is 15.1 Å². The first-order valence-corrected chi connectivity index (χ1v) is 6.95. The summed E-state index contributed by atoms with van der Waals surface area (Å²) in [5, 5.41) is 7.12. The molecule has 2 N–H and O–H groups in total. The molecule has 4 nitrogen and oxygen atoms in total. The zero-order chi connectivity index (χ0) is 12.4. The summed E-state index contributed by atoms with van der Waals surface area (Å²) >= 11 is 1.74. The van der Waals surface area contributed by atoms with E-state index >= 15 is 0 Å². The average molecular weight is 259 g/mol. The van der Waals surface area contributed by atoms with Crippen molar-refractivity contribution in [3.05, 3.63) is 36.5 Å². The van der Waals surface area contributed by atoms with Gasteiger partial charge in [0.05, 0.1) is 11.6 Å². The van der Waals surface area contributed by atoms with Crippen molar-refractivity contribution in [1.82, 2.24) is 10.3 Å². The van der Waals surface area contributed by atoms with Gasteiger partial charge < -0.3 is 5.32 Å². The number of carbonyl (C=O) groups is 1. The number of rotatable bonds is 2. The van der Waals surface area contributed by atoms with Crippen LogP contribution in [0, 0.1) is 0 Å². The third-order valence-electron chi connectivity index (χ3n) is 2.90. The van der Waals surface area contributed by atoms with Crippen molar-refractivity contribution >= 4 is 34.3 Å². The Morgan fingerprint density at radius 2 is 2.39 bits per heavy atom. The van der Waals surface area contributed by atoms with E-state index in [2.05, 4.69) is 15.6 Å². The number of thioether (sulfide) groups is 1. The second kappa shape index (κ2) is 4.96. The summed E-state index contributed by atoms with van der Waals surface area (Å²) in [6.07, 6.45) is 1.76. The molecule has 0 aliphatic carbocycles. The normalized spacial score (nSPS) is 19.0. The van der Waals surface area contributed by atoms with Crippen LogP contribution in [0.15, 0.2) is 36.5 Å². The lowest BCUT2D eigenvalue weighted by Crippen LogP contribution is -2.37. The van der Waals surface area contributed by atoms with Crippen LogP contribution in [0.1, 0.15) is 0 Å². The molecule has 1 saturated heterocycles. The summed E-state index contributed by atoms with van der Waals surface area (Å²) in [5.41, 5.74) is 1.75. The molecule has 1 aromatic carbocycles. The van der Waals surface area contributed by atoms with Gasteiger partial charge in [-0.2, -0.15) is 0 Å². The molecule has 1 aliphatic rings. The standard InChI is InChI=1S/C13H13N3OS/c17-13(12-7-18-8-15-12)16-10-3-4-11-9(6-10)2-1-5-14-11/h1-6,12,15H,7-8H2,(H,16,17). The predicted octanol–water partition coefficient (Wildman–Crippen LogP) is 1.84. The number of carbonyl (C=O) groups excluding carboxylic acids is 1. The molecule has 5 heteroatoms. The fourth-order valence-electron chi connectivity index (χ4n) is 1.95. The maximum Gasteiger partial charge on any atom is 0.242 e.